The van der Waals surface area contributed by atoms with Crippen molar-refractivity contribution >= 4 is 12.2 Å². The lowest BCUT2D eigenvalue weighted by Gasteiger charge is -2.18. The van der Waals surface area contributed by atoms with Crippen LogP contribution in [-0.4, -0.2) is 9.55 Å². The number of nitrogens with one attached hydrogen (secondary N) is 1. The number of aromatic nitrogens is 2. The molecule has 0 unspecified atom stereocenters. The molecule has 0 atom stereocenters. The standard InChI is InChI=1S/C13H22N2S/c1-4-5-13(6-7-13)9-15-11(10(2)3)8-14-12(15)16/h8,10H,4-7,9H2,1-3H3,(H,14,16). The SMILES string of the molecule is CCCC1(Cn2c(C(C)C)c[nH]c2=S)CC1. The first kappa shape index (κ1) is 11.9. The second-order valence-corrected chi connectivity index (χ2v) is 5.90. The van der Waals surface area contributed by atoms with Crippen molar-refractivity contribution in [1.82, 2.24) is 9.55 Å². The Kier molecular flexibility index (Phi) is 3.24. The Morgan fingerprint density at radius 3 is 2.69 bits per heavy atom. The Hall–Kier alpha value is -0.570. The smallest absolute Gasteiger partial charge is 0.177 e. The maximum Gasteiger partial charge on any atom is 0.177 e. The van der Waals surface area contributed by atoms with Gasteiger partial charge in [-0.1, -0.05) is 27.2 Å². The van der Waals surface area contributed by atoms with Crippen molar-refractivity contribution in [3.63, 3.8) is 0 Å². The second kappa shape index (κ2) is 4.36. The molecule has 0 aromatic carbocycles. The summed E-state index contributed by atoms with van der Waals surface area (Å²) in [6.07, 6.45) is 7.47. The highest BCUT2D eigenvalue weighted by molar-refractivity contribution is 7.71. The molecule has 3 heteroatoms. The van der Waals surface area contributed by atoms with E-state index < -0.39 is 0 Å². The Labute approximate surface area is 103 Å². The van der Waals surface area contributed by atoms with Crippen molar-refractivity contribution in [3.05, 3.63) is 16.7 Å². The molecule has 90 valence electrons. The average Bonchev–Trinajstić information content (AvgIpc) is 2.87. The highest BCUT2D eigenvalue weighted by Crippen LogP contribution is 2.51. The average molecular weight is 238 g/mol. The van der Waals surface area contributed by atoms with Crippen LogP contribution in [0.25, 0.3) is 0 Å². The summed E-state index contributed by atoms with van der Waals surface area (Å²) in [5, 5.41) is 0. The molecule has 1 aromatic heterocycles. The van der Waals surface area contributed by atoms with Crippen molar-refractivity contribution in [1.29, 1.82) is 0 Å². The summed E-state index contributed by atoms with van der Waals surface area (Å²) in [5.41, 5.74) is 1.92. The van der Waals surface area contributed by atoms with E-state index in [2.05, 4.69) is 36.5 Å². The van der Waals surface area contributed by atoms with Gasteiger partial charge in [-0.25, -0.2) is 0 Å². The lowest BCUT2D eigenvalue weighted by Crippen LogP contribution is -2.14. The number of nitrogens with zero attached hydrogens (tertiary/aromatic N) is 1. The van der Waals surface area contributed by atoms with Crippen LogP contribution in [0.15, 0.2) is 6.20 Å². The van der Waals surface area contributed by atoms with Gasteiger partial charge in [0.1, 0.15) is 0 Å². The second-order valence-electron chi connectivity index (χ2n) is 5.51. The maximum absolute atomic E-state index is 5.38. The molecule has 0 saturated heterocycles. The Morgan fingerprint density at radius 1 is 1.50 bits per heavy atom. The van der Waals surface area contributed by atoms with Crippen molar-refractivity contribution in [3.8, 4) is 0 Å². The van der Waals surface area contributed by atoms with Crippen LogP contribution < -0.4 is 0 Å². The molecule has 1 aliphatic rings. The zero-order valence-corrected chi connectivity index (χ0v) is 11.4. The van der Waals surface area contributed by atoms with E-state index in [1.807, 2.05) is 0 Å². The quantitative estimate of drug-likeness (QED) is 0.761. The van der Waals surface area contributed by atoms with Crippen LogP contribution in [0.1, 0.15) is 58.1 Å². The highest BCUT2D eigenvalue weighted by atomic mass is 32.1. The minimum Gasteiger partial charge on any atom is -0.337 e. The first-order valence-corrected chi connectivity index (χ1v) is 6.77. The fraction of sp³-hybridized carbons (Fsp3) is 0.769. The summed E-state index contributed by atoms with van der Waals surface area (Å²) in [6.45, 7) is 7.86. The molecule has 1 heterocycles. The van der Waals surface area contributed by atoms with Gasteiger partial charge in [-0.05, 0) is 42.8 Å². The lowest BCUT2D eigenvalue weighted by molar-refractivity contribution is 0.378. The van der Waals surface area contributed by atoms with Gasteiger partial charge in [-0.15, -0.1) is 0 Å². The monoisotopic (exact) mass is 238 g/mol. The number of hydrogen-bond donors (Lipinski definition) is 1. The third-order valence-electron chi connectivity index (χ3n) is 3.72. The molecule has 0 bridgehead atoms. The minimum absolute atomic E-state index is 0.547. The van der Waals surface area contributed by atoms with Crippen molar-refractivity contribution in [2.24, 2.45) is 5.41 Å². The number of aromatic amines is 1. The van der Waals surface area contributed by atoms with Crippen LogP contribution in [0, 0.1) is 10.2 Å². The van der Waals surface area contributed by atoms with Crippen LogP contribution in [-0.2, 0) is 6.54 Å². The van der Waals surface area contributed by atoms with E-state index >= 15 is 0 Å². The van der Waals surface area contributed by atoms with Crippen LogP contribution in [0.4, 0.5) is 0 Å². The molecule has 1 aliphatic carbocycles. The largest absolute Gasteiger partial charge is 0.337 e. The van der Waals surface area contributed by atoms with E-state index in [0.29, 0.717) is 11.3 Å². The Bertz CT molecular complexity index is 410. The molecule has 2 rings (SSSR count). The molecule has 0 radical (unpaired) electrons. The fourth-order valence-corrected chi connectivity index (χ4v) is 2.81. The van der Waals surface area contributed by atoms with E-state index in [1.54, 1.807) is 0 Å². The van der Waals surface area contributed by atoms with Gasteiger partial charge in [0.05, 0.1) is 0 Å². The topological polar surface area (TPSA) is 20.7 Å². The van der Waals surface area contributed by atoms with Crippen LogP contribution >= 0.6 is 12.2 Å². The van der Waals surface area contributed by atoms with Gasteiger partial charge < -0.3 is 9.55 Å². The van der Waals surface area contributed by atoms with Crippen LogP contribution in [0.5, 0.6) is 0 Å². The molecule has 2 nitrogen and oxygen atoms in total. The van der Waals surface area contributed by atoms with Crippen molar-refractivity contribution in [2.45, 2.75) is 58.9 Å². The maximum atomic E-state index is 5.38. The number of H-pyrrole nitrogens is 1. The predicted molar refractivity (Wildman–Crippen MR) is 70.3 cm³/mol. The van der Waals surface area contributed by atoms with Gasteiger partial charge in [-0.3, -0.25) is 0 Å². The summed E-state index contributed by atoms with van der Waals surface area (Å²) in [5.74, 6) is 0.547. The van der Waals surface area contributed by atoms with Gasteiger partial charge in [0.2, 0.25) is 0 Å². The third-order valence-corrected chi connectivity index (χ3v) is 4.06. The Balaban J connectivity index is 2.21. The van der Waals surface area contributed by atoms with E-state index in [-0.39, 0.29) is 0 Å². The van der Waals surface area contributed by atoms with Gasteiger partial charge >= 0.3 is 0 Å². The summed E-state index contributed by atoms with van der Waals surface area (Å²) < 4.78 is 3.22. The molecule has 16 heavy (non-hydrogen) atoms. The zero-order chi connectivity index (χ0) is 11.8. The summed E-state index contributed by atoms with van der Waals surface area (Å²) in [6, 6.07) is 0. The van der Waals surface area contributed by atoms with E-state index in [1.165, 1.54) is 31.4 Å². The van der Waals surface area contributed by atoms with Gasteiger partial charge in [0.15, 0.2) is 4.77 Å². The van der Waals surface area contributed by atoms with Gasteiger partial charge in [-0.2, -0.15) is 0 Å². The zero-order valence-electron chi connectivity index (χ0n) is 10.5. The summed E-state index contributed by atoms with van der Waals surface area (Å²) in [7, 11) is 0. The molecule has 1 fully saturated rings. The van der Waals surface area contributed by atoms with E-state index in [4.69, 9.17) is 12.2 Å². The third kappa shape index (κ3) is 2.24. The molecular formula is C13H22N2S. The first-order chi connectivity index (χ1) is 7.58. The molecule has 1 N–H and O–H groups in total. The first-order valence-electron chi connectivity index (χ1n) is 6.36. The summed E-state index contributed by atoms with van der Waals surface area (Å²) in [4.78, 5) is 3.19. The number of rotatable bonds is 5. The molecule has 0 aliphatic heterocycles. The Morgan fingerprint density at radius 2 is 2.19 bits per heavy atom. The van der Waals surface area contributed by atoms with Crippen LogP contribution in [0.2, 0.25) is 0 Å². The molecule has 1 aromatic rings. The van der Waals surface area contributed by atoms with Crippen LogP contribution in [0.3, 0.4) is 0 Å². The van der Waals surface area contributed by atoms with Gasteiger partial charge in [0, 0.05) is 18.4 Å². The lowest BCUT2D eigenvalue weighted by atomic mass is 10.0. The number of imidazole rings is 1. The molecule has 0 spiro atoms. The summed E-state index contributed by atoms with van der Waals surface area (Å²) >= 11 is 5.38. The highest BCUT2D eigenvalue weighted by Gasteiger charge is 2.42. The molecule has 0 amide bonds. The molecular weight excluding hydrogens is 216 g/mol. The van der Waals surface area contributed by atoms with Crippen molar-refractivity contribution in [2.75, 3.05) is 0 Å². The van der Waals surface area contributed by atoms with E-state index in [0.717, 1.165) is 11.3 Å². The fourth-order valence-electron chi connectivity index (χ4n) is 2.58. The predicted octanol–water partition coefficient (Wildman–Crippen LogP) is 4.25. The van der Waals surface area contributed by atoms with Gasteiger partial charge in [0.25, 0.3) is 0 Å². The normalized spacial score (nSPS) is 18.0. The minimum atomic E-state index is 0.547. The number of hydrogen-bond acceptors (Lipinski definition) is 1. The molecule has 1 saturated carbocycles. The van der Waals surface area contributed by atoms with Crippen molar-refractivity contribution < 1.29 is 0 Å². The van der Waals surface area contributed by atoms with E-state index in [9.17, 15) is 0 Å².